The van der Waals surface area contributed by atoms with Crippen molar-refractivity contribution in [3.8, 4) is 11.5 Å². The van der Waals surface area contributed by atoms with Gasteiger partial charge in [0.15, 0.2) is 11.5 Å². The highest BCUT2D eigenvalue weighted by Gasteiger charge is 2.21. The lowest BCUT2D eigenvalue weighted by molar-refractivity contribution is 0.173. The number of fused-ring (bicyclic) bond motifs is 2. The second-order valence-corrected chi connectivity index (χ2v) is 6.31. The topological polar surface area (TPSA) is 70.2 Å². The Labute approximate surface area is 144 Å². The summed E-state index contributed by atoms with van der Waals surface area (Å²) in [6, 6.07) is 6.16. The van der Waals surface area contributed by atoms with E-state index in [0.29, 0.717) is 13.3 Å². The molecule has 0 saturated heterocycles. The van der Waals surface area contributed by atoms with Crippen LogP contribution < -0.4 is 9.47 Å². The summed E-state index contributed by atoms with van der Waals surface area (Å²) in [6.07, 6.45) is 5.23. The summed E-state index contributed by atoms with van der Waals surface area (Å²) in [7, 11) is 0. The maximum atomic E-state index is 5.47. The van der Waals surface area contributed by atoms with Crippen molar-refractivity contribution in [2.75, 3.05) is 13.3 Å². The Hall–Kier alpha value is -2.87. The minimum atomic E-state index is 0.314. The maximum absolute atomic E-state index is 5.47. The van der Waals surface area contributed by atoms with Gasteiger partial charge in [0, 0.05) is 19.6 Å². The average Bonchev–Trinajstić information content (AvgIpc) is 3.36. The summed E-state index contributed by atoms with van der Waals surface area (Å²) in [5.74, 6) is 2.77. The first-order valence-electron chi connectivity index (χ1n) is 8.32. The molecule has 0 N–H and O–H groups in total. The van der Waals surface area contributed by atoms with Gasteiger partial charge < -0.3 is 14.0 Å². The van der Waals surface area contributed by atoms with Crippen LogP contribution in [-0.4, -0.2) is 42.6 Å². The van der Waals surface area contributed by atoms with Crippen LogP contribution in [0.5, 0.6) is 11.5 Å². The van der Waals surface area contributed by atoms with E-state index in [1.807, 2.05) is 16.9 Å². The highest BCUT2D eigenvalue weighted by atomic mass is 16.7. The van der Waals surface area contributed by atoms with Gasteiger partial charge in [0.25, 0.3) is 0 Å². The Morgan fingerprint density at radius 1 is 1.08 bits per heavy atom. The fourth-order valence-corrected chi connectivity index (χ4v) is 3.41. The predicted molar refractivity (Wildman–Crippen MR) is 88.0 cm³/mol. The fourth-order valence-electron chi connectivity index (χ4n) is 3.41. The number of ether oxygens (including phenoxy) is 2. The van der Waals surface area contributed by atoms with Gasteiger partial charge >= 0.3 is 0 Å². The maximum Gasteiger partial charge on any atom is 0.231 e. The van der Waals surface area contributed by atoms with Crippen molar-refractivity contribution in [3.63, 3.8) is 0 Å². The molecule has 0 atom stereocenters. The SMILES string of the molecule is c1ncn(Cc2cnc3n2CCN(Cc2ccc4c(c2)OCO4)C3)n1. The molecule has 2 aliphatic heterocycles. The number of hydrogen-bond donors (Lipinski definition) is 0. The normalized spacial score (nSPS) is 16.2. The van der Waals surface area contributed by atoms with Crippen molar-refractivity contribution in [2.24, 2.45) is 0 Å². The molecular weight excluding hydrogens is 320 g/mol. The Morgan fingerprint density at radius 3 is 2.96 bits per heavy atom. The van der Waals surface area contributed by atoms with E-state index in [-0.39, 0.29) is 0 Å². The van der Waals surface area contributed by atoms with Gasteiger partial charge in [0.2, 0.25) is 6.79 Å². The number of imidazole rings is 1. The third-order valence-electron chi connectivity index (χ3n) is 4.66. The lowest BCUT2D eigenvalue weighted by Gasteiger charge is -2.28. The van der Waals surface area contributed by atoms with Gasteiger partial charge in [-0.3, -0.25) is 4.90 Å². The van der Waals surface area contributed by atoms with Crippen molar-refractivity contribution in [2.45, 2.75) is 26.2 Å². The average molecular weight is 338 g/mol. The van der Waals surface area contributed by atoms with E-state index < -0.39 is 0 Å². The Morgan fingerprint density at radius 2 is 2.04 bits per heavy atom. The van der Waals surface area contributed by atoms with Crippen LogP contribution in [0.25, 0.3) is 0 Å². The third kappa shape index (κ3) is 2.74. The molecule has 0 aliphatic carbocycles. The van der Waals surface area contributed by atoms with Crippen LogP contribution in [0.15, 0.2) is 37.1 Å². The monoisotopic (exact) mass is 338 g/mol. The summed E-state index contributed by atoms with van der Waals surface area (Å²) in [5.41, 5.74) is 2.40. The molecule has 2 aliphatic rings. The lowest BCUT2D eigenvalue weighted by Crippen LogP contribution is -2.34. The van der Waals surface area contributed by atoms with Crippen LogP contribution in [0.4, 0.5) is 0 Å². The molecule has 8 heteroatoms. The van der Waals surface area contributed by atoms with E-state index in [1.54, 1.807) is 12.7 Å². The Balaban J connectivity index is 1.29. The molecule has 0 fully saturated rings. The minimum absolute atomic E-state index is 0.314. The largest absolute Gasteiger partial charge is 0.454 e. The summed E-state index contributed by atoms with van der Waals surface area (Å²) in [4.78, 5) is 11.0. The van der Waals surface area contributed by atoms with Gasteiger partial charge in [0.05, 0.1) is 25.0 Å². The molecule has 4 heterocycles. The van der Waals surface area contributed by atoms with Crippen LogP contribution in [0.1, 0.15) is 17.1 Å². The van der Waals surface area contributed by atoms with Gasteiger partial charge in [-0.1, -0.05) is 6.07 Å². The quantitative estimate of drug-likeness (QED) is 0.713. The molecule has 0 amide bonds. The van der Waals surface area contributed by atoms with E-state index >= 15 is 0 Å². The van der Waals surface area contributed by atoms with E-state index in [0.717, 1.165) is 43.5 Å². The van der Waals surface area contributed by atoms with E-state index in [1.165, 1.54) is 11.3 Å². The molecule has 0 spiro atoms. The van der Waals surface area contributed by atoms with Crippen LogP contribution in [0.3, 0.4) is 0 Å². The standard InChI is InChI=1S/C17H18N6O2/c1-2-15-16(25-12-24-15)5-13(1)7-21-3-4-23-14(6-19-17(23)9-21)8-22-11-18-10-20-22/h1-2,5-6,10-11H,3-4,7-9,12H2. The molecule has 0 unspecified atom stereocenters. The second kappa shape index (κ2) is 5.89. The minimum Gasteiger partial charge on any atom is -0.454 e. The van der Waals surface area contributed by atoms with Crippen LogP contribution in [-0.2, 0) is 26.2 Å². The lowest BCUT2D eigenvalue weighted by atomic mass is 10.2. The molecule has 0 radical (unpaired) electrons. The van der Waals surface area contributed by atoms with Crippen molar-refractivity contribution in [1.82, 2.24) is 29.2 Å². The second-order valence-electron chi connectivity index (χ2n) is 6.31. The summed E-state index contributed by atoms with van der Waals surface area (Å²) >= 11 is 0. The zero-order valence-electron chi connectivity index (χ0n) is 13.7. The van der Waals surface area contributed by atoms with Crippen LogP contribution in [0, 0.1) is 0 Å². The molecule has 0 saturated carbocycles. The zero-order valence-corrected chi connectivity index (χ0v) is 13.7. The highest BCUT2D eigenvalue weighted by molar-refractivity contribution is 5.44. The smallest absolute Gasteiger partial charge is 0.231 e. The third-order valence-corrected chi connectivity index (χ3v) is 4.66. The number of hydrogen-bond acceptors (Lipinski definition) is 6. The van der Waals surface area contributed by atoms with Crippen molar-refractivity contribution >= 4 is 0 Å². The zero-order chi connectivity index (χ0) is 16.6. The Bertz CT molecular complexity index is 889. The molecule has 2 aromatic heterocycles. The first-order valence-corrected chi connectivity index (χ1v) is 8.32. The first-order chi connectivity index (χ1) is 12.3. The predicted octanol–water partition coefficient (Wildman–Crippen LogP) is 1.27. The van der Waals surface area contributed by atoms with Gasteiger partial charge in [-0.15, -0.1) is 0 Å². The fraction of sp³-hybridized carbons (Fsp3) is 0.353. The van der Waals surface area contributed by atoms with Gasteiger partial charge in [-0.25, -0.2) is 14.6 Å². The van der Waals surface area contributed by atoms with Gasteiger partial charge in [0.1, 0.15) is 18.5 Å². The molecule has 5 rings (SSSR count). The summed E-state index contributed by atoms with van der Waals surface area (Å²) in [6.45, 7) is 4.66. The molecule has 128 valence electrons. The van der Waals surface area contributed by atoms with Gasteiger partial charge in [-0.2, -0.15) is 5.10 Å². The van der Waals surface area contributed by atoms with E-state index in [4.69, 9.17) is 9.47 Å². The number of aromatic nitrogens is 5. The molecule has 3 aromatic rings. The van der Waals surface area contributed by atoms with Crippen molar-refractivity contribution in [1.29, 1.82) is 0 Å². The van der Waals surface area contributed by atoms with Crippen LogP contribution in [0.2, 0.25) is 0 Å². The van der Waals surface area contributed by atoms with Crippen LogP contribution >= 0.6 is 0 Å². The highest BCUT2D eigenvalue weighted by Crippen LogP contribution is 2.33. The molecule has 8 nitrogen and oxygen atoms in total. The number of nitrogens with zero attached hydrogens (tertiary/aromatic N) is 6. The Kier molecular flexibility index (Phi) is 3.41. The van der Waals surface area contributed by atoms with E-state index in [2.05, 4.69) is 36.7 Å². The molecular formula is C17H18N6O2. The van der Waals surface area contributed by atoms with E-state index in [9.17, 15) is 0 Å². The molecule has 25 heavy (non-hydrogen) atoms. The summed E-state index contributed by atoms with van der Waals surface area (Å²) in [5, 5.41) is 4.17. The number of rotatable bonds is 4. The van der Waals surface area contributed by atoms with Gasteiger partial charge in [-0.05, 0) is 17.7 Å². The van der Waals surface area contributed by atoms with Crippen molar-refractivity contribution < 1.29 is 9.47 Å². The van der Waals surface area contributed by atoms with Crippen molar-refractivity contribution in [3.05, 3.63) is 54.1 Å². The summed E-state index contributed by atoms with van der Waals surface area (Å²) < 4.78 is 15.0. The molecule has 0 bridgehead atoms. The molecule has 1 aromatic carbocycles. The first kappa shape index (κ1) is 14.5. The number of benzene rings is 1.